The number of thioether (sulfide) groups is 1. The van der Waals surface area contributed by atoms with Crippen LogP contribution in [0.5, 0.6) is 0 Å². The van der Waals surface area contributed by atoms with Crippen molar-refractivity contribution in [1.29, 1.82) is 0 Å². The van der Waals surface area contributed by atoms with Crippen molar-refractivity contribution >= 4 is 17.7 Å². The third-order valence-electron chi connectivity index (χ3n) is 3.69. The summed E-state index contributed by atoms with van der Waals surface area (Å²) in [5.74, 6) is 2.25. The Kier molecular flexibility index (Phi) is 11.6. The third-order valence-corrected chi connectivity index (χ3v) is 4.39. The minimum Gasteiger partial charge on any atom is -0.385 e. The maximum absolute atomic E-state index is 5.92. The van der Waals surface area contributed by atoms with Gasteiger partial charge < -0.3 is 19.7 Å². The van der Waals surface area contributed by atoms with Crippen LogP contribution in [0.25, 0.3) is 0 Å². The van der Waals surface area contributed by atoms with Gasteiger partial charge in [0.15, 0.2) is 5.96 Å². The average molecular weight is 332 g/mol. The van der Waals surface area contributed by atoms with Crippen LogP contribution in [0.1, 0.15) is 32.6 Å². The lowest BCUT2D eigenvalue weighted by atomic mass is 10.1. The van der Waals surface area contributed by atoms with Crippen molar-refractivity contribution in [3.05, 3.63) is 0 Å². The third kappa shape index (κ3) is 8.25. The maximum Gasteiger partial charge on any atom is 0.193 e. The number of nitrogens with one attached hydrogen (secondary N) is 1. The molecule has 130 valence electrons. The quantitative estimate of drug-likeness (QED) is 0.378. The van der Waals surface area contributed by atoms with Crippen molar-refractivity contribution in [1.82, 2.24) is 10.2 Å². The first-order valence-electron chi connectivity index (χ1n) is 8.44. The second-order valence-corrected chi connectivity index (χ2v) is 6.47. The van der Waals surface area contributed by atoms with E-state index in [4.69, 9.17) is 14.5 Å². The van der Waals surface area contributed by atoms with E-state index in [1.54, 1.807) is 7.11 Å². The lowest BCUT2D eigenvalue weighted by Crippen LogP contribution is -2.47. The number of ether oxygens (including phenoxy) is 2. The molecule has 0 aromatic heterocycles. The molecular formula is C16H33N3O2S. The number of methoxy groups -OCH3 is 1. The summed E-state index contributed by atoms with van der Waals surface area (Å²) < 4.78 is 11.0. The fraction of sp³-hybridized carbons (Fsp3) is 0.938. The van der Waals surface area contributed by atoms with Crippen LogP contribution in [0, 0.1) is 0 Å². The maximum atomic E-state index is 5.92. The number of piperidine rings is 1. The van der Waals surface area contributed by atoms with Gasteiger partial charge in [-0.05, 0) is 44.6 Å². The molecule has 6 heteroatoms. The highest BCUT2D eigenvalue weighted by atomic mass is 32.2. The van der Waals surface area contributed by atoms with Crippen molar-refractivity contribution in [2.75, 3.05) is 58.5 Å². The lowest BCUT2D eigenvalue weighted by Gasteiger charge is -2.34. The topological polar surface area (TPSA) is 46.1 Å². The van der Waals surface area contributed by atoms with E-state index in [9.17, 15) is 0 Å². The van der Waals surface area contributed by atoms with Crippen molar-refractivity contribution < 1.29 is 9.47 Å². The van der Waals surface area contributed by atoms with Gasteiger partial charge in [-0.25, -0.2) is 0 Å². The number of likely N-dealkylation sites (tertiary alicyclic amines) is 1. The zero-order valence-corrected chi connectivity index (χ0v) is 15.3. The van der Waals surface area contributed by atoms with Gasteiger partial charge in [0.2, 0.25) is 0 Å². The van der Waals surface area contributed by atoms with Gasteiger partial charge in [-0.2, -0.15) is 11.8 Å². The fourth-order valence-electron chi connectivity index (χ4n) is 2.51. The summed E-state index contributed by atoms with van der Waals surface area (Å²) >= 11 is 1.88. The van der Waals surface area contributed by atoms with E-state index in [-0.39, 0.29) is 0 Å². The van der Waals surface area contributed by atoms with Gasteiger partial charge in [0, 0.05) is 46.5 Å². The van der Waals surface area contributed by atoms with E-state index in [1.165, 1.54) is 5.75 Å². The Bertz CT molecular complexity index is 295. The van der Waals surface area contributed by atoms with Crippen molar-refractivity contribution in [2.45, 2.75) is 38.7 Å². The summed E-state index contributed by atoms with van der Waals surface area (Å²) in [6, 6.07) is 0. The van der Waals surface area contributed by atoms with Crippen molar-refractivity contribution in [2.24, 2.45) is 4.99 Å². The van der Waals surface area contributed by atoms with Crippen LogP contribution in [0.2, 0.25) is 0 Å². The summed E-state index contributed by atoms with van der Waals surface area (Å²) in [6.07, 6.45) is 6.84. The number of hydrogen-bond acceptors (Lipinski definition) is 4. The van der Waals surface area contributed by atoms with Gasteiger partial charge in [0.25, 0.3) is 0 Å². The molecule has 0 spiro atoms. The largest absolute Gasteiger partial charge is 0.385 e. The highest BCUT2D eigenvalue weighted by Crippen LogP contribution is 2.14. The summed E-state index contributed by atoms with van der Waals surface area (Å²) in [5.41, 5.74) is 0. The van der Waals surface area contributed by atoms with Gasteiger partial charge in [-0.3, -0.25) is 4.99 Å². The van der Waals surface area contributed by atoms with Gasteiger partial charge >= 0.3 is 0 Å². The number of nitrogens with zero attached hydrogens (tertiary/aromatic N) is 2. The minimum absolute atomic E-state index is 0.396. The van der Waals surface area contributed by atoms with Crippen LogP contribution < -0.4 is 5.32 Å². The summed E-state index contributed by atoms with van der Waals surface area (Å²) in [7, 11) is 1.74. The molecular weight excluding hydrogens is 298 g/mol. The number of guanidine groups is 1. The van der Waals surface area contributed by atoms with Gasteiger partial charge in [0.05, 0.1) is 6.10 Å². The molecule has 22 heavy (non-hydrogen) atoms. The Hall–Kier alpha value is -0.460. The van der Waals surface area contributed by atoms with Crippen LogP contribution in [0.4, 0.5) is 0 Å². The summed E-state index contributed by atoms with van der Waals surface area (Å²) in [4.78, 5) is 7.12. The highest BCUT2D eigenvalue weighted by molar-refractivity contribution is 7.98. The Morgan fingerprint density at radius 3 is 2.68 bits per heavy atom. The summed E-state index contributed by atoms with van der Waals surface area (Å²) in [6.45, 7) is 7.62. The number of aliphatic imine (C=N–C) groups is 1. The summed E-state index contributed by atoms with van der Waals surface area (Å²) in [5, 5.41) is 3.42. The van der Waals surface area contributed by atoms with Crippen LogP contribution >= 0.6 is 11.8 Å². The molecule has 1 fully saturated rings. The van der Waals surface area contributed by atoms with Crippen molar-refractivity contribution in [3.63, 3.8) is 0 Å². The normalized spacial score (nSPS) is 17.0. The molecule has 1 N–H and O–H groups in total. The fourth-order valence-corrected chi connectivity index (χ4v) is 2.92. The van der Waals surface area contributed by atoms with Crippen LogP contribution in [0.3, 0.4) is 0 Å². The SMILES string of the molecule is CCNC(=NCCCSC)N1CCC(OCCCOC)CC1. The Balaban J connectivity index is 2.29. The molecule has 0 amide bonds. The Morgan fingerprint density at radius 1 is 1.27 bits per heavy atom. The molecule has 0 saturated carbocycles. The van der Waals surface area contributed by atoms with E-state index < -0.39 is 0 Å². The minimum atomic E-state index is 0.396. The zero-order chi connectivity index (χ0) is 16.0. The first-order valence-corrected chi connectivity index (χ1v) is 9.84. The molecule has 1 heterocycles. The van der Waals surface area contributed by atoms with E-state index in [1.807, 2.05) is 11.8 Å². The first kappa shape index (κ1) is 19.6. The van der Waals surface area contributed by atoms with Crippen molar-refractivity contribution in [3.8, 4) is 0 Å². The smallest absolute Gasteiger partial charge is 0.193 e. The Labute approximate surface area is 140 Å². The second-order valence-electron chi connectivity index (χ2n) is 5.49. The molecule has 1 aliphatic rings. The molecule has 0 aliphatic carbocycles. The Morgan fingerprint density at radius 2 is 2.05 bits per heavy atom. The molecule has 0 atom stereocenters. The van der Waals surface area contributed by atoms with E-state index in [0.29, 0.717) is 6.10 Å². The zero-order valence-electron chi connectivity index (χ0n) is 14.5. The number of hydrogen-bond donors (Lipinski definition) is 1. The monoisotopic (exact) mass is 331 g/mol. The molecule has 0 aromatic rings. The van der Waals surface area contributed by atoms with Gasteiger partial charge in [-0.15, -0.1) is 0 Å². The first-order chi connectivity index (χ1) is 10.8. The van der Waals surface area contributed by atoms with E-state index in [0.717, 1.165) is 71.0 Å². The second kappa shape index (κ2) is 13.0. The lowest BCUT2D eigenvalue weighted by molar-refractivity contribution is 0.00991. The molecule has 1 saturated heterocycles. The molecule has 1 rings (SSSR count). The van der Waals surface area contributed by atoms with E-state index >= 15 is 0 Å². The predicted octanol–water partition coefficient (Wildman–Crippen LogP) is 2.22. The number of rotatable bonds is 10. The standard InChI is InChI=1S/C16H33N3O2S/c1-4-17-16(18-9-5-14-22-3)19-10-7-15(8-11-19)21-13-6-12-20-2/h15H,4-14H2,1-3H3,(H,17,18). The van der Waals surface area contributed by atoms with Gasteiger partial charge in [0.1, 0.15) is 0 Å². The predicted molar refractivity (Wildman–Crippen MR) is 96.0 cm³/mol. The van der Waals surface area contributed by atoms with Crippen LogP contribution in [0.15, 0.2) is 4.99 Å². The molecule has 0 unspecified atom stereocenters. The van der Waals surface area contributed by atoms with Gasteiger partial charge in [-0.1, -0.05) is 0 Å². The molecule has 5 nitrogen and oxygen atoms in total. The molecule has 0 radical (unpaired) electrons. The van der Waals surface area contributed by atoms with E-state index in [2.05, 4.69) is 23.4 Å². The van der Waals surface area contributed by atoms with Crippen LogP contribution in [-0.4, -0.2) is 75.5 Å². The molecule has 0 aromatic carbocycles. The van der Waals surface area contributed by atoms with Crippen LogP contribution in [-0.2, 0) is 9.47 Å². The molecule has 1 aliphatic heterocycles. The average Bonchev–Trinajstić information content (AvgIpc) is 2.55. The molecule has 0 bridgehead atoms. The highest BCUT2D eigenvalue weighted by Gasteiger charge is 2.21.